The molecule has 0 bridgehead atoms. The molecule has 1 aromatic heterocycles. The van der Waals surface area contributed by atoms with Gasteiger partial charge in [-0.1, -0.05) is 37.6 Å². The maximum Gasteiger partial charge on any atom is 0.273 e. The fourth-order valence-electron chi connectivity index (χ4n) is 3.33. The molecule has 1 fully saturated rings. The van der Waals surface area contributed by atoms with Gasteiger partial charge in [0.15, 0.2) is 0 Å². The molecular formula is C26H29ClFN3OS. The number of aryl methyl sites for hydroxylation is 3. The second kappa shape index (κ2) is 13.1. The molecule has 1 aliphatic rings. The predicted molar refractivity (Wildman–Crippen MR) is 133 cm³/mol. The van der Waals surface area contributed by atoms with Crippen molar-refractivity contribution in [3.05, 3.63) is 86.1 Å². The SMILES string of the molecule is CCc1cc(F)ccc1C.C[C@H]1CCN(C(=O)c2cscn2)C1.Cc1ccc(C#N)c(Cl)c1. The smallest absolute Gasteiger partial charge is 0.273 e. The number of hydrogen-bond donors (Lipinski definition) is 0. The van der Waals surface area contributed by atoms with Gasteiger partial charge in [-0.25, -0.2) is 9.37 Å². The highest BCUT2D eigenvalue weighted by atomic mass is 35.5. The topological polar surface area (TPSA) is 57.0 Å². The van der Waals surface area contributed by atoms with E-state index in [-0.39, 0.29) is 11.7 Å². The summed E-state index contributed by atoms with van der Waals surface area (Å²) < 4.78 is 12.5. The third-order valence-electron chi connectivity index (χ3n) is 5.30. The zero-order chi connectivity index (χ0) is 24.4. The van der Waals surface area contributed by atoms with Crippen molar-refractivity contribution in [2.24, 2.45) is 5.92 Å². The van der Waals surface area contributed by atoms with Crippen LogP contribution in [0.4, 0.5) is 4.39 Å². The van der Waals surface area contributed by atoms with E-state index in [2.05, 4.69) is 11.9 Å². The molecule has 174 valence electrons. The Labute approximate surface area is 204 Å². The minimum atomic E-state index is -0.137. The van der Waals surface area contributed by atoms with E-state index in [1.807, 2.05) is 49.3 Å². The molecule has 0 N–H and O–H groups in total. The van der Waals surface area contributed by atoms with Gasteiger partial charge in [0.1, 0.15) is 17.6 Å². The first kappa shape index (κ1) is 26.5. The maximum atomic E-state index is 12.5. The summed E-state index contributed by atoms with van der Waals surface area (Å²) in [6.07, 6.45) is 2.03. The number of benzene rings is 2. The van der Waals surface area contributed by atoms with Crippen LogP contribution >= 0.6 is 22.9 Å². The fourth-order valence-corrected chi connectivity index (χ4v) is 4.13. The first-order chi connectivity index (χ1) is 15.7. The van der Waals surface area contributed by atoms with Crippen LogP contribution in [0.15, 0.2) is 47.3 Å². The molecule has 3 aromatic rings. The average Bonchev–Trinajstić information content (AvgIpc) is 3.48. The van der Waals surface area contributed by atoms with Crippen molar-refractivity contribution in [3.8, 4) is 6.07 Å². The van der Waals surface area contributed by atoms with Gasteiger partial charge in [0.2, 0.25) is 0 Å². The summed E-state index contributed by atoms with van der Waals surface area (Å²) in [4.78, 5) is 17.6. The van der Waals surface area contributed by atoms with Crippen LogP contribution in [0, 0.1) is 36.9 Å². The van der Waals surface area contributed by atoms with Gasteiger partial charge in [0.05, 0.1) is 16.1 Å². The normalized spacial score (nSPS) is 14.5. The second-order valence-corrected chi connectivity index (χ2v) is 9.16. The number of hydrogen-bond acceptors (Lipinski definition) is 4. The van der Waals surface area contributed by atoms with E-state index < -0.39 is 0 Å². The van der Waals surface area contributed by atoms with E-state index in [0.717, 1.165) is 37.1 Å². The molecule has 33 heavy (non-hydrogen) atoms. The Morgan fingerprint density at radius 3 is 2.58 bits per heavy atom. The van der Waals surface area contributed by atoms with E-state index in [9.17, 15) is 9.18 Å². The fraction of sp³-hybridized carbons (Fsp3) is 0.346. The number of halogens is 2. The Balaban J connectivity index is 0.000000178. The number of carbonyl (C=O) groups excluding carboxylic acids is 1. The van der Waals surface area contributed by atoms with Crippen LogP contribution in [-0.4, -0.2) is 28.9 Å². The quantitative estimate of drug-likeness (QED) is 0.399. The number of carbonyl (C=O) groups is 1. The van der Waals surface area contributed by atoms with Gasteiger partial charge in [0, 0.05) is 18.5 Å². The molecule has 1 aliphatic heterocycles. The molecule has 4 rings (SSSR count). The van der Waals surface area contributed by atoms with Crippen LogP contribution < -0.4 is 0 Å². The van der Waals surface area contributed by atoms with Crippen molar-refractivity contribution < 1.29 is 9.18 Å². The third kappa shape index (κ3) is 8.27. The average molecular weight is 486 g/mol. The molecule has 0 aliphatic carbocycles. The van der Waals surface area contributed by atoms with E-state index in [0.29, 0.717) is 22.2 Å². The lowest BCUT2D eigenvalue weighted by Gasteiger charge is -2.13. The van der Waals surface area contributed by atoms with Crippen LogP contribution in [-0.2, 0) is 6.42 Å². The number of nitriles is 1. The van der Waals surface area contributed by atoms with Crippen LogP contribution in [0.25, 0.3) is 0 Å². The Morgan fingerprint density at radius 2 is 2.06 bits per heavy atom. The number of thiazole rings is 1. The molecule has 0 unspecified atom stereocenters. The maximum absolute atomic E-state index is 12.5. The summed E-state index contributed by atoms with van der Waals surface area (Å²) in [6.45, 7) is 9.91. The van der Waals surface area contributed by atoms with Crippen molar-refractivity contribution in [2.45, 2.75) is 40.5 Å². The van der Waals surface area contributed by atoms with Crippen LogP contribution in [0.2, 0.25) is 5.02 Å². The van der Waals surface area contributed by atoms with Gasteiger partial charge < -0.3 is 4.90 Å². The molecule has 0 radical (unpaired) electrons. The van der Waals surface area contributed by atoms with Gasteiger partial charge in [-0.3, -0.25) is 4.79 Å². The molecule has 4 nitrogen and oxygen atoms in total. The summed E-state index contributed by atoms with van der Waals surface area (Å²) in [7, 11) is 0. The van der Waals surface area contributed by atoms with Gasteiger partial charge in [-0.2, -0.15) is 5.26 Å². The van der Waals surface area contributed by atoms with Gasteiger partial charge in [-0.05, 0) is 73.6 Å². The van der Waals surface area contributed by atoms with Crippen molar-refractivity contribution in [1.82, 2.24) is 9.88 Å². The second-order valence-electron chi connectivity index (χ2n) is 8.04. The first-order valence-corrected chi connectivity index (χ1v) is 12.2. The molecule has 7 heteroatoms. The van der Waals surface area contributed by atoms with Gasteiger partial charge >= 0.3 is 0 Å². The summed E-state index contributed by atoms with van der Waals surface area (Å²) in [5.41, 5.74) is 6.17. The molecule has 2 aromatic carbocycles. The summed E-state index contributed by atoms with van der Waals surface area (Å²) in [5.74, 6) is 0.593. The Hall–Kier alpha value is -2.75. The number of likely N-dealkylation sites (tertiary alicyclic amines) is 1. The Bertz CT molecular complexity index is 1090. The summed E-state index contributed by atoms with van der Waals surface area (Å²) >= 11 is 7.18. The van der Waals surface area contributed by atoms with Gasteiger partial charge in [-0.15, -0.1) is 11.3 Å². The minimum absolute atomic E-state index is 0.0885. The molecule has 1 atom stereocenters. The third-order valence-corrected chi connectivity index (χ3v) is 6.20. The van der Waals surface area contributed by atoms with Crippen LogP contribution in [0.1, 0.15) is 53.0 Å². The van der Waals surface area contributed by atoms with Crippen molar-refractivity contribution in [3.63, 3.8) is 0 Å². The molecule has 2 heterocycles. The van der Waals surface area contributed by atoms with Crippen molar-refractivity contribution >= 4 is 28.8 Å². The molecule has 0 saturated carbocycles. The lowest BCUT2D eigenvalue weighted by molar-refractivity contribution is 0.0783. The van der Waals surface area contributed by atoms with Crippen molar-refractivity contribution in [2.75, 3.05) is 13.1 Å². The summed E-state index contributed by atoms with van der Waals surface area (Å²) in [5, 5.41) is 10.8. The molecule has 0 spiro atoms. The highest BCUT2D eigenvalue weighted by Crippen LogP contribution is 2.18. The molecule has 1 saturated heterocycles. The minimum Gasteiger partial charge on any atom is -0.337 e. The monoisotopic (exact) mass is 485 g/mol. The van der Waals surface area contributed by atoms with E-state index >= 15 is 0 Å². The standard InChI is InChI=1S/C9H11F.C9H12N2OS.C8H6ClN/c1-3-8-6-9(10)5-4-7(8)2;1-7-2-3-11(4-7)9(12)8-5-13-6-10-8;1-6-2-3-7(5-10)8(9)4-6/h4-6H,3H2,1-2H3;5-7H,2-4H2,1H3;2-4H,1H3/t;7-;/m.0./s1. The highest BCUT2D eigenvalue weighted by Gasteiger charge is 2.24. The number of rotatable bonds is 2. The lowest BCUT2D eigenvalue weighted by Crippen LogP contribution is -2.28. The number of amides is 1. The Morgan fingerprint density at radius 1 is 1.30 bits per heavy atom. The highest BCUT2D eigenvalue weighted by molar-refractivity contribution is 7.07. The lowest BCUT2D eigenvalue weighted by atomic mass is 10.1. The van der Waals surface area contributed by atoms with Crippen LogP contribution in [0.3, 0.4) is 0 Å². The van der Waals surface area contributed by atoms with Crippen LogP contribution in [0.5, 0.6) is 0 Å². The van der Waals surface area contributed by atoms with Gasteiger partial charge in [0.25, 0.3) is 5.91 Å². The van der Waals surface area contributed by atoms with E-state index in [1.54, 1.807) is 23.7 Å². The zero-order valence-corrected chi connectivity index (χ0v) is 21.0. The Kier molecular flexibility index (Phi) is 10.5. The predicted octanol–water partition coefficient (Wildman–Crippen LogP) is 6.84. The van der Waals surface area contributed by atoms with E-state index in [1.165, 1.54) is 23.0 Å². The molecule has 1 amide bonds. The summed E-state index contributed by atoms with van der Waals surface area (Å²) in [6, 6.07) is 12.3. The number of nitrogens with zero attached hydrogens (tertiary/aromatic N) is 3. The molecular weight excluding hydrogens is 457 g/mol. The zero-order valence-electron chi connectivity index (χ0n) is 19.4. The largest absolute Gasteiger partial charge is 0.337 e. The number of aromatic nitrogens is 1. The van der Waals surface area contributed by atoms with E-state index in [4.69, 9.17) is 16.9 Å². The van der Waals surface area contributed by atoms with Crippen molar-refractivity contribution in [1.29, 1.82) is 5.26 Å². The first-order valence-electron chi connectivity index (χ1n) is 10.8.